The van der Waals surface area contributed by atoms with Crippen molar-refractivity contribution >= 4 is 5.91 Å². The first kappa shape index (κ1) is 12.7. The SMILES string of the molecule is CN(CC(C)(C)O)C(=O)c1ccc(CN)o1. The largest absolute Gasteiger partial charge is 0.455 e. The van der Waals surface area contributed by atoms with Crippen LogP contribution in [-0.2, 0) is 6.54 Å². The fraction of sp³-hybridized carbons (Fsp3) is 0.545. The second kappa shape index (κ2) is 4.67. The molecule has 0 aromatic carbocycles. The van der Waals surface area contributed by atoms with Gasteiger partial charge in [0.25, 0.3) is 5.91 Å². The number of amides is 1. The number of hydrogen-bond donors (Lipinski definition) is 2. The Morgan fingerprint density at radius 3 is 2.62 bits per heavy atom. The van der Waals surface area contributed by atoms with Crippen LogP contribution < -0.4 is 5.73 Å². The zero-order chi connectivity index (χ0) is 12.3. The molecule has 0 fully saturated rings. The first-order valence-corrected chi connectivity index (χ1v) is 5.10. The van der Waals surface area contributed by atoms with E-state index in [0.717, 1.165) is 0 Å². The predicted molar refractivity (Wildman–Crippen MR) is 59.9 cm³/mol. The fourth-order valence-electron chi connectivity index (χ4n) is 1.44. The fourth-order valence-corrected chi connectivity index (χ4v) is 1.44. The Hall–Kier alpha value is -1.33. The average molecular weight is 226 g/mol. The molecule has 0 saturated carbocycles. The summed E-state index contributed by atoms with van der Waals surface area (Å²) in [6.45, 7) is 3.79. The highest BCUT2D eigenvalue weighted by Crippen LogP contribution is 2.11. The standard InChI is InChI=1S/C11H18N2O3/c1-11(2,15)7-13(3)10(14)9-5-4-8(6-12)16-9/h4-5,15H,6-7,12H2,1-3H3. The van der Waals surface area contributed by atoms with E-state index in [1.165, 1.54) is 4.90 Å². The number of carbonyl (C=O) groups is 1. The van der Waals surface area contributed by atoms with Gasteiger partial charge in [-0.25, -0.2) is 0 Å². The lowest BCUT2D eigenvalue weighted by atomic mass is 10.1. The van der Waals surface area contributed by atoms with Crippen molar-refractivity contribution in [3.8, 4) is 0 Å². The Balaban J connectivity index is 2.70. The van der Waals surface area contributed by atoms with Crippen molar-refractivity contribution in [3.63, 3.8) is 0 Å². The maximum absolute atomic E-state index is 11.8. The Kier molecular flexibility index (Phi) is 3.72. The third-order valence-corrected chi connectivity index (χ3v) is 2.04. The van der Waals surface area contributed by atoms with Gasteiger partial charge >= 0.3 is 0 Å². The molecule has 0 spiro atoms. The van der Waals surface area contributed by atoms with Crippen LogP contribution in [0, 0.1) is 0 Å². The molecule has 1 heterocycles. The lowest BCUT2D eigenvalue weighted by molar-refractivity contribution is 0.0351. The first-order valence-electron chi connectivity index (χ1n) is 5.10. The summed E-state index contributed by atoms with van der Waals surface area (Å²) in [6.07, 6.45) is 0. The normalized spacial score (nSPS) is 11.6. The van der Waals surface area contributed by atoms with Crippen molar-refractivity contribution < 1.29 is 14.3 Å². The molecule has 0 aliphatic rings. The summed E-state index contributed by atoms with van der Waals surface area (Å²) in [7, 11) is 1.62. The van der Waals surface area contributed by atoms with Gasteiger partial charge in [0.1, 0.15) is 5.76 Å². The Morgan fingerprint density at radius 2 is 2.19 bits per heavy atom. The lowest BCUT2D eigenvalue weighted by Crippen LogP contribution is -2.39. The lowest BCUT2D eigenvalue weighted by Gasteiger charge is -2.24. The van der Waals surface area contributed by atoms with Crippen molar-refractivity contribution in [2.45, 2.75) is 26.0 Å². The van der Waals surface area contributed by atoms with Gasteiger partial charge in [0.2, 0.25) is 0 Å². The molecule has 0 radical (unpaired) electrons. The molecule has 0 saturated heterocycles. The minimum Gasteiger partial charge on any atom is -0.455 e. The third kappa shape index (κ3) is 3.36. The topological polar surface area (TPSA) is 79.7 Å². The predicted octanol–water partition coefficient (Wildman–Crippen LogP) is 0.581. The van der Waals surface area contributed by atoms with Gasteiger partial charge in [-0.05, 0) is 26.0 Å². The highest BCUT2D eigenvalue weighted by atomic mass is 16.4. The number of nitrogens with two attached hydrogens (primary N) is 1. The van der Waals surface area contributed by atoms with Gasteiger partial charge in [0.05, 0.1) is 12.1 Å². The number of hydrogen-bond acceptors (Lipinski definition) is 4. The van der Waals surface area contributed by atoms with Gasteiger partial charge < -0.3 is 20.2 Å². The summed E-state index contributed by atoms with van der Waals surface area (Å²) in [5, 5.41) is 9.59. The summed E-state index contributed by atoms with van der Waals surface area (Å²) in [6, 6.07) is 3.26. The Labute approximate surface area is 94.8 Å². The van der Waals surface area contributed by atoms with Crippen LogP contribution >= 0.6 is 0 Å². The van der Waals surface area contributed by atoms with Crippen LogP contribution in [0.25, 0.3) is 0 Å². The zero-order valence-electron chi connectivity index (χ0n) is 9.86. The molecule has 5 heteroatoms. The average Bonchev–Trinajstić information content (AvgIpc) is 2.61. The number of carbonyl (C=O) groups excluding carboxylic acids is 1. The van der Waals surface area contributed by atoms with Gasteiger partial charge in [0, 0.05) is 13.6 Å². The van der Waals surface area contributed by atoms with Crippen LogP contribution in [0.1, 0.15) is 30.2 Å². The van der Waals surface area contributed by atoms with Crippen LogP contribution in [-0.4, -0.2) is 35.1 Å². The molecule has 0 atom stereocenters. The van der Waals surface area contributed by atoms with Gasteiger partial charge in [-0.15, -0.1) is 0 Å². The van der Waals surface area contributed by atoms with E-state index in [9.17, 15) is 9.90 Å². The van der Waals surface area contributed by atoms with Crippen molar-refractivity contribution in [1.82, 2.24) is 4.90 Å². The van der Waals surface area contributed by atoms with Crippen LogP contribution in [0.5, 0.6) is 0 Å². The molecule has 0 bridgehead atoms. The Bertz CT molecular complexity index is 366. The molecule has 3 N–H and O–H groups in total. The molecule has 90 valence electrons. The second-order valence-electron chi connectivity index (χ2n) is 4.44. The maximum atomic E-state index is 11.8. The molecule has 5 nitrogen and oxygen atoms in total. The van der Waals surface area contributed by atoms with Crippen molar-refractivity contribution in [3.05, 3.63) is 23.7 Å². The number of furan rings is 1. The smallest absolute Gasteiger partial charge is 0.289 e. The van der Waals surface area contributed by atoms with E-state index >= 15 is 0 Å². The van der Waals surface area contributed by atoms with Crippen LogP contribution in [0.4, 0.5) is 0 Å². The highest BCUT2D eigenvalue weighted by molar-refractivity contribution is 5.91. The van der Waals surface area contributed by atoms with Gasteiger partial charge in [-0.1, -0.05) is 0 Å². The van der Waals surface area contributed by atoms with Gasteiger partial charge in [-0.3, -0.25) is 4.79 Å². The molecule has 1 amide bonds. The number of rotatable bonds is 4. The molecule has 1 rings (SSSR count). The molecule has 0 aliphatic heterocycles. The minimum atomic E-state index is -0.923. The first-order chi connectivity index (χ1) is 7.33. The molecular formula is C11H18N2O3. The molecular weight excluding hydrogens is 208 g/mol. The van der Waals surface area contributed by atoms with Gasteiger partial charge in [0.15, 0.2) is 5.76 Å². The number of nitrogens with zero attached hydrogens (tertiary/aromatic N) is 1. The summed E-state index contributed by atoms with van der Waals surface area (Å²) in [5.41, 5.74) is 4.46. The number of aliphatic hydroxyl groups is 1. The molecule has 1 aromatic heterocycles. The highest BCUT2D eigenvalue weighted by Gasteiger charge is 2.22. The monoisotopic (exact) mass is 226 g/mol. The quantitative estimate of drug-likeness (QED) is 0.787. The summed E-state index contributed by atoms with van der Waals surface area (Å²) < 4.78 is 5.23. The van der Waals surface area contributed by atoms with Crippen molar-refractivity contribution in [1.29, 1.82) is 0 Å². The van der Waals surface area contributed by atoms with Crippen molar-refractivity contribution in [2.75, 3.05) is 13.6 Å². The Morgan fingerprint density at radius 1 is 1.56 bits per heavy atom. The summed E-state index contributed by atoms with van der Waals surface area (Å²) in [5.74, 6) is 0.550. The summed E-state index contributed by atoms with van der Waals surface area (Å²) in [4.78, 5) is 13.2. The van der Waals surface area contributed by atoms with Crippen molar-refractivity contribution in [2.24, 2.45) is 5.73 Å². The minimum absolute atomic E-state index is 0.241. The molecule has 16 heavy (non-hydrogen) atoms. The molecule has 1 aromatic rings. The third-order valence-electron chi connectivity index (χ3n) is 2.04. The van der Waals surface area contributed by atoms with E-state index in [2.05, 4.69) is 0 Å². The van der Waals surface area contributed by atoms with Gasteiger partial charge in [-0.2, -0.15) is 0 Å². The second-order valence-corrected chi connectivity index (χ2v) is 4.44. The van der Waals surface area contributed by atoms with E-state index in [1.807, 2.05) is 0 Å². The van der Waals surface area contributed by atoms with Crippen LogP contribution in [0.15, 0.2) is 16.5 Å². The maximum Gasteiger partial charge on any atom is 0.289 e. The van der Waals surface area contributed by atoms with E-state index in [0.29, 0.717) is 5.76 Å². The van der Waals surface area contributed by atoms with Crippen LogP contribution in [0.2, 0.25) is 0 Å². The van der Waals surface area contributed by atoms with E-state index < -0.39 is 5.60 Å². The van der Waals surface area contributed by atoms with E-state index in [1.54, 1.807) is 33.0 Å². The summed E-state index contributed by atoms with van der Waals surface area (Å²) >= 11 is 0. The van der Waals surface area contributed by atoms with Crippen LogP contribution in [0.3, 0.4) is 0 Å². The zero-order valence-corrected chi connectivity index (χ0v) is 9.86. The number of likely N-dealkylation sites (N-methyl/N-ethyl adjacent to an activating group) is 1. The molecule has 0 unspecified atom stereocenters. The van der Waals surface area contributed by atoms with E-state index in [4.69, 9.17) is 10.2 Å². The molecule has 0 aliphatic carbocycles. The van der Waals surface area contributed by atoms with E-state index in [-0.39, 0.29) is 24.8 Å².